The van der Waals surface area contributed by atoms with Crippen molar-refractivity contribution in [1.29, 1.82) is 0 Å². The monoisotopic (exact) mass is 813 g/mol. The van der Waals surface area contributed by atoms with E-state index in [1.165, 1.54) is 36.1 Å². The van der Waals surface area contributed by atoms with E-state index in [4.69, 9.17) is 0 Å². The van der Waals surface area contributed by atoms with E-state index in [1.807, 2.05) is 0 Å². The van der Waals surface area contributed by atoms with E-state index >= 15 is 0 Å². The van der Waals surface area contributed by atoms with Crippen LogP contribution in [0.3, 0.4) is 0 Å². The third kappa shape index (κ3) is 14.1. The Morgan fingerprint density at radius 3 is 1.08 bits per heavy atom. The molecule has 0 aliphatic rings. The third-order valence-corrected chi connectivity index (χ3v) is 21.8. The van der Waals surface area contributed by atoms with Gasteiger partial charge >= 0.3 is 26.2 Å². The molecule has 4 aromatic carbocycles. The van der Waals surface area contributed by atoms with Crippen LogP contribution < -0.4 is 45.6 Å². The van der Waals surface area contributed by atoms with Crippen LogP contribution >= 0.6 is 0 Å². The maximum Gasteiger partial charge on any atom is 4.00 e. The van der Waals surface area contributed by atoms with Gasteiger partial charge in [-0.25, -0.2) is 12.1 Å². The second-order valence-corrected chi connectivity index (χ2v) is 26.0. The van der Waals surface area contributed by atoms with Crippen LogP contribution in [0.25, 0.3) is 0 Å². The van der Waals surface area contributed by atoms with Gasteiger partial charge in [0.25, 0.3) is 0 Å². The molecule has 0 N–H and O–H groups in total. The first-order chi connectivity index (χ1) is 21.4. The molecule has 0 heterocycles. The summed E-state index contributed by atoms with van der Waals surface area (Å²) in [6.45, 7) is 28.1. The molecular weight excluding hydrogens is 751 g/mol. The fourth-order valence-corrected chi connectivity index (χ4v) is 13.6. The minimum Gasteiger partial charge on any atom is -1.00 e. The normalized spacial score (nSPS) is 14.3. The van der Waals surface area contributed by atoms with E-state index in [-0.39, 0.29) is 51.0 Å². The standard InChI is InChI=1S/2C17H23Si.C8H19Si.2ClH.Zr/c2*1-5-18(4,16-9-7-6-8-10-16)17-12-11-15(13-17)14(2)3;1-5-7(3)9-8(4)6-2;;;/h2*6-14H,5H2,1-4H3;7-9H,5-6H2,1-4H3;2*1H;/q2*-1;;;;+4/p-2. The van der Waals surface area contributed by atoms with Crippen LogP contribution in [0.1, 0.15) is 105 Å². The van der Waals surface area contributed by atoms with Crippen LogP contribution in [0, 0.1) is 0 Å². The molecule has 0 aliphatic heterocycles. The maximum absolute atomic E-state index is 2.49. The van der Waals surface area contributed by atoms with Crippen molar-refractivity contribution in [3.63, 3.8) is 0 Å². The number of hydrogen-bond acceptors (Lipinski definition) is 0. The second kappa shape index (κ2) is 24.4. The summed E-state index contributed by atoms with van der Waals surface area (Å²) in [6.07, 6.45) is 2.75. The van der Waals surface area contributed by atoms with E-state index < -0.39 is 16.1 Å². The van der Waals surface area contributed by atoms with Crippen LogP contribution in [0.15, 0.2) is 97.1 Å². The van der Waals surface area contributed by atoms with Crippen molar-refractivity contribution in [2.75, 3.05) is 0 Å². The van der Waals surface area contributed by atoms with Gasteiger partial charge in [0.1, 0.15) is 0 Å². The largest absolute Gasteiger partial charge is 4.00 e. The van der Waals surface area contributed by atoms with E-state index in [0.29, 0.717) is 11.8 Å². The number of benzene rings is 2. The summed E-state index contributed by atoms with van der Waals surface area (Å²) in [7, 11) is -2.28. The van der Waals surface area contributed by atoms with Gasteiger partial charge in [-0.1, -0.05) is 189 Å². The molecule has 48 heavy (non-hydrogen) atoms. The molecule has 0 saturated carbocycles. The minimum absolute atomic E-state index is 0. The Morgan fingerprint density at radius 2 is 0.854 bits per heavy atom. The fourth-order valence-electron chi connectivity index (χ4n) is 5.92. The van der Waals surface area contributed by atoms with Gasteiger partial charge in [0.15, 0.2) is 0 Å². The molecule has 4 unspecified atom stereocenters. The van der Waals surface area contributed by atoms with Crippen molar-refractivity contribution in [1.82, 2.24) is 0 Å². The summed E-state index contributed by atoms with van der Waals surface area (Å²) in [5.74, 6) is 1.26. The quantitative estimate of drug-likeness (QED) is 0.148. The Bertz CT molecular complexity index is 1250. The van der Waals surface area contributed by atoms with Crippen LogP contribution in [-0.4, -0.2) is 25.7 Å². The van der Waals surface area contributed by atoms with Crippen LogP contribution in [0.4, 0.5) is 0 Å². The molecule has 4 aromatic rings. The second-order valence-electron chi connectivity index (χ2n) is 14.2. The van der Waals surface area contributed by atoms with Gasteiger partial charge in [-0.2, -0.15) is 45.8 Å². The zero-order valence-corrected chi connectivity index (χ0v) is 39.3. The Hall–Kier alpha value is -0.746. The van der Waals surface area contributed by atoms with Gasteiger partial charge < -0.3 is 24.8 Å². The molecular formula is C42H65Cl2Si3Zr. The number of hydrogen-bond donors (Lipinski definition) is 0. The minimum atomic E-state index is -1.50. The van der Waals surface area contributed by atoms with Crippen molar-refractivity contribution in [3.05, 3.63) is 108 Å². The molecule has 0 aromatic heterocycles. The van der Waals surface area contributed by atoms with E-state index in [0.717, 1.165) is 20.6 Å². The van der Waals surface area contributed by atoms with Crippen molar-refractivity contribution in [2.45, 2.75) is 130 Å². The van der Waals surface area contributed by atoms with Gasteiger partial charge in [-0.3, -0.25) is 0 Å². The average molecular weight is 816 g/mol. The van der Waals surface area contributed by atoms with E-state index in [9.17, 15) is 0 Å². The molecule has 0 aliphatic carbocycles. The average Bonchev–Trinajstić information content (AvgIpc) is 3.77. The summed E-state index contributed by atoms with van der Waals surface area (Å²) in [5.41, 5.74) is 4.99. The molecule has 0 amide bonds. The predicted molar refractivity (Wildman–Crippen MR) is 214 cm³/mol. The smallest absolute Gasteiger partial charge is 1.00 e. The molecule has 0 fully saturated rings. The fraction of sp³-hybridized carbons (Fsp3) is 0.476. The number of rotatable bonds is 12. The van der Waals surface area contributed by atoms with Crippen LogP contribution in [-0.2, 0) is 26.2 Å². The Morgan fingerprint density at radius 1 is 0.542 bits per heavy atom. The van der Waals surface area contributed by atoms with Gasteiger partial charge in [0, 0.05) is 25.7 Å². The predicted octanol–water partition coefficient (Wildman–Crippen LogP) is 4.35. The third-order valence-electron chi connectivity index (χ3n) is 10.3. The summed E-state index contributed by atoms with van der Waals surface area (Å²) in [6, 6.07) is 38.8. The van der Waals surface area contributed by atoms with Crippen molar-refractivity contribution >= 4 is 46.4 Å². The molecule has 4 atom stereocenters. The van der Waals surface area contributed by atoms with Gasteiger partial charge in [0.2, 0.25) is 0 Å². The maximum atomic E-state index is 2.49. The van der Waals surface area contributed by atoms with Gasteiger partial charge in [-0.05, 0) is 11.8 Å². The summed E-state index contributed by atoms with van der Waals surface area (Å²) < 4.78 is 0. The summed E-state index contributed by atoms with van der Waals surface area (Å²) in [5, 5.41) is 6.27. The Kier molecular flexibility index (Phi) is 25.1. The Balaban J connectivity index is 0. The zero-order chi connectivity index (χ0) is 33.6. The molecule has 1 radical (unpaired) electrons. The van der Waals surface area contributed by atoms with Crippen molar-refractivity contribution in [3.8, 4) is 0 Å². The first kappa shape index (κ1) is 49.4. The van der Waals surface area contributed by atoms with Crippen molar-refractivity contribution in [2.24, 2.45) is 0 Å². The molecule has 263 valence electrons. The van der Waals surface area contributed by atoms with Crippen molar-refractivity contribution < 1.29 is 51.0 Å². The molecule has 0 saturated heterocycles. The Labute approximate surface area is 333 Å². The SMILES string of the molecule is CCC(C)[SiH]C(C)CC.CC[Si](C)(c1ccccc1)c1c[cH-]c(C(C)C)c1.CC[Si](C)(c1ccccc1)c1c[cH-]c(C(C)C)c1.[Cl-].[Cl-].[Zr+4]. The summed E-state index contributed by atoms with van der Waals surface area (Å²) >= 11 is 0. The van der Waals surface area contributed by atoms with Gasteiger partial charge in [-0.15, -0.1) is 0 Å². The van der Waals surface area contributed by atoms with Crippen LogP contribution in [0.5, 0.6) is 0 Å². The first-order valence-corrected chi connectivity index (χ1v) is 24.6. The molecule has 4 rings (SSSR count). The summed E-state index contributed by atoms with van der Waals surface area (Å²) in [4.78, 5) is 0. The molecule has 6 heteroatoms. The van der Waals surface area contributed by atoms with E-state index in [1.54, 1.807) is 20.7 Å². The number of halogens is 2. The van der Waals surface area contributed by atoms with Crippen LogP contribution in [0.2, 0.25) is 36.3 Å². The molecule has 0 bridgehead atoms. The zero-order valence-electron chi connectivity index (χ0n) is 32.2. The van der Waals surface area contributed by atoms with E-state index in [2.05, 4.69) is 179 Å². The van der Waals surface area contributed by atoms with Gasteiger partial charge in [0.05, 0.1) is 0 Å². The first-order valence-electron chi connectivity index (χ1n) is 17.9. The molecule has 0 spiro atoms. The molecule has 0 nitrogen and oxygen atoms in total. The topological polar surface area (TPSA) is 0 Å².